The number of nitro benzene ring substituents is 1. The fourth-order valence-electron chi connectivity index (χ4n) is 2.42. The monoisotopic (exact) mass is 361 g/mol. The number of rotatable bonds is 4. The summed E-state index contributed by atoms with van der Waals surface area (Å²) in [6.45, 7) is -0.519. The summed E-state index contributed by atoms with van der Waals surface area (Å²) < 4.78 is 5.30. The summed E-state index contributed by atoms with van der Waals surface area (Å²) in [5.74, 6) is -0.551. The van der Waals surface area contributed by atoms with Gasteiger partial charge in [0, 0.05) is 11.1 Å². The van der Waals surface area contributed by atoms with Crippen LogP contribution in [0.3, 0.4) is 0 Å². The Morgan fingerprint density at radius 1 is 1.32 bits per heavy atom. The SMILES string of the molecule is O=C(CN1C(=O)COc2ccc(Cl)cc21)Nc1ccccc1[N+](=O)[O-]. The van der Waals surface area contributed by atoms with Gasteiger partial charge >= 0.3 is 0 Å². The maximum atomic E-state index is 12.3. The normalized spacial score (nSPS) is 13.0. The lowest BCUT2D eigenvalue weighted by Gasteiger charge is -2.28. The van der Waals surface area contributed by atoms with Crippen molar-refractivity contribution in [3.63, 3.8) is 0 Å². The van der Waals surface area contributed by atoms with E-state index in [4.69, 9.17) is 16.3 Å². The van der Waals surface area contributed by atoms with Gasteiger partial charge in [-0.2, -0.15) is 0 Å². The average Bonchev–Trinajstić information content (AvgIpc) is 2.58. The maximum Gasteiger partial charge on any atom is 0.292 e. The molecule has 1 N–H and O–H groups in total. The van der Waals surface area contributed by atoms with Gasteiger partial charge in [-0.15, -0.1) is 0 Å². The zero-order valence-corrected chi connectivity index (χ0v) is 13.5. The second kappa shape index (κ2) is 6.78. The molecule has 0 unspecified atom stereocenters. The molecule has 1 aliphatic rings. The topological polar surface area (TPSA) is 102 Å². The van der Waals surface area contributed by atoms with Crippen LogP contribution in [0.2, 0.25) is 5.02 Å². The molecule has 0 saturated carbocycles. The van der Waals surface area contributed by atoms with E-state index in [-0.39, 0.29) is 24.5 Å². The van der Waals surface area contributed by atoms with Gasteiger partial charge in [-0.05, 0) is 24.3 Å². The van der Waals surface area contributed by atoms with Crippen molar-refractivity contribution in [3.05, 3.63) is 57.6 Å². The molecule has 9 heteroatoms. The number of hydrogen-bond donors (Lipinski definition) is 1. The molecular formula is C16H12ClN3O5. The number of halogens is 1. The van der Waals surface area contributed by atoms with Gasteiger partial charge in [0.2, 0.25) is 5.91 Å². The highest BCUT2D eigenvalue weighted by atomic mass is 35.5. The van der Waals surface area contributed by atoms with Crippen LogP contribution in [0.5, 0.6) is 5.75 Å². The van der Waals surface area contributed by atoms with E-state index in [1.165, 1.54) is 29.2 Å². The number of nitrogens with zero attached hydrogens (tertiary/aromatic N) is 2. The first-order chi connectivity index (χ1) is 12.0. The Balaban J connectivity index is 1.81. The number of hydrogen-bond acceptors (Lipinski definition) is 5. The van der Waals surface area contributed by atoms with Gasteiger partial charge in [-0.1, -0.05) is 23.7 Å². The minimum absolute atomic E-state index is 0.0597. The molecule has 8 nitrogen and oxygen atoms in total. The molecule has 128 valence electrons. The van der Waals surface area contributed by atoms with Gasteiger partial charge in [-0.25, -0.2) is 0 Å². The standard InChI is InChI=1S/C16H12ClN3O5/c17-10-5-6-14-13(7-10)19(16(22)9-25-14)8-15(21)18-11-3-1-2-4-12(11)20(23)24/h1-7H,8-9H2,(H,18,21). The highest BCUT2D eigenvalue weighted by molar-refractivity contribution is 6.31. The van der Waals surface area contributed by atoms with Crippen molar-refractivity contribution in [1.29, 1.82) is 0 Å². The van der Waals surface area contributed by atoms with E-state index < -0.39 is 16.7 Å². The molecule has 2 aromatic carbocycles. The molecule has 0 aliphatic carbocycles. The highest BCUT2D eigenvalue weighted by Crippen LogP contribution is 2.34. The van der Waals surface area contributed by atoms with Crippen LogP contribution in [0, 0.1) is 10.1 Å². The number of fused-ring (bicyclic) bond motifs is 1. The molecule has 0 aromatic heterocycles. The van der Waals surface area contributed by atoms with Crippen molar-refractivity contribution < 1.29 is 19.2 Å². The third kappa shape index (κ3) is 3.53. The number of carbonyl (C=O) groups is 2. The first-order valence-electron chi connectivity index (χ1n) is 7.21. The summed E-state index contributed by atoms with van der Waals surface area (Å²) >= 11 is 5.94. The Morgan fingerprint density at radius 2 is 2.08 bits per heavy atom. The molecule has 0 saturated heterocycles. The number of anilines is 2. The Bertz CT molecular complexity index is 871. The maximum absolute atomic E-state index is 12.3. The summed E-state index contributed by atoms with van der Waals surface area (Å²) in [7, 11) is 0. The Kier molecular flexibility index (Phi) is 4.53. The predicted molar refractivity (Wildman–Crippen MR) is 91.0 cm³/mol. The predicted octanol–water partition coefficient (Wildman–Crippen LogP) is 2.61. The minimum atomic E-state index is -0.593. The van der Waals surface area contributed by atoms with Crippen LogP contribution in [0.15, 0.2) is 42.5 Å². The molecule has 2 amide bonds. The second-order valence-electron chi connectivity index (χ2n) is 5.20. The van der Waals surface area contributed by atoms with Crippen molar-refractivity contribution in [2.45, 2.75) is 0 Å². The number of carbonyl (C=O) groups excluding carboxylic acids is 2. The van der Waals surface area contributed by atoms with Gasteiger partial charge in [0.05, 0.1) is 10.6 Å². The summed E-state index contributed by atoms with van der Waals surface area (Å²) in [5, 5.41) is 13.9. The fourth-order valence-corrected chi connectivity index (χ4v) is 2.59. The Hall–Kier alpha value is -3.13. The van der Waals surface area contributed by atoms with Crippen LogP contribution >= 0.6 is 11.6 Å². The molecule has 1 aliphatic heterocycles. The summed E-state index contributed by atoms with van der Waals surface area (Å²) in [5.41, 5.74) is 0.207. The van der Waals surface area contributed by atoms with Gasteiger partial charge in [0.25, 0.3) is 11.6 Å². The molecule has 0 bridgehead atoms. The van der Waals surface area contributed by atoms with E-state index >= 15 is 0 Å². The average molecular weight is 362 g/mol. The number of nitro groups is 1. The summed E-state index contributed by atoms with van der Waals surface area (Å²) in [4.78, 5) is 36.0. The summed E-state index contributed by atoms with van der Waals surface area (Å²) in [6.07, 6.45) is 0. The van der Waals surface area contributed by atoms with Crippen LogP contribution in [0.25, 0.3) is 0 Å². The molecule has 25 heavy (non-hydrogen) atoms. The molecular weight excluding hydrogens is 350 g/mol. The zero-order chi connectivity index (χ0) is 18.0. The second-order valence-corrected chi connectivity index (χ2v) is 5.64. The van der Waals surface area contributed by atoms with E-state index in [0.717, 1.165) is 0 Å². The number of ether oxygens (including phenoxy) is 1. The highest BCUT2D eigenvalue weighted by Gasteiger charge is 2.28. The van der Waals surface area contributed by atoms with Crippen LogP contribution < -0.4 is 15.0 Å². The fraction of sp³-hybridized carbons (Fsp3) is 0.125. The van der Waals surface area contributed by atoms with Gasteiger partial charge in [-0.3, -0.25) is 24.6 Å². The third-order valence-corrected chi connectivity index (χ3v) is 3.78. The molecule has 1 heterocycles. The largest absolute Gasteiger partial charge is 0.482 e. The van der Waals surface area contributed by atoms with Crippen LogP contribution in [-0.2, 0) is 9.59 Å². The zero-order valence-electron chi connectivity index (χ0n) is 12.8. The number of amides is 2. The lowest BCUT2D eigenvalue weighted by atomic mass is 10.2. The third-order valence-electron chi connectivity index (χ3n) is 3.54. The van der Waals surface area contributed by atoms with E-state index in [2.05, 4.69) is 5.32 Å². The van der Waals surface area contributed by atoms with E-state index in [9.17, 15) is 19.7 Å². The Morgan fingerprint density at radius 3 is 2.84 bits per heavy atom. The lowest BCUT2D eigenvalue weighted by molar-refractivity contribution is -0.383. The number of benzene rings is 2. The van der Waals surface area contributed by atoms with E-state index in [1.807, 2.05) is 0 Å². The van der Waals surface area contributed by atoms with Crippen molar-refractivity contribution >= 4 is 40.5 Å². The van der Waals surface area contributed by atoms with Crippen LogP contribution in [0.1, 0.15) is 0 Å². The van der Waals surface area contributed by atoms with Crippen molar-refractivity contribution in [2.24, 2.45) is 0 Å². The van der Waals surface area contributed by atoms with Crippen LogP contribution in [0.4, 0.5) is 17.1 Å². The van der Waals surface area contributed by atoms with Gasteiger partial charge < -0.3 is 10.1 Å². The quantitative estimate of drug-likeness (QED) is 0.666. The van der Waals surface area contributed by atoms with Crippen LogP contribution in [-0.4, -0.2) is 29.9 Å². The van der Waals surface area contributed by atoms with Crippen molar-refractivity contribution in [3.8, 4) is 5.75 Å². The molecule has 3 rings (SSSR count). The first kappa shape index (κ1) is 16.7. The molecule has 0 spiro atoms. The molecule has 2 aromatic rings. The van der Waals surface area contributed by atoms with E-state index in [1.54, 1.807) is 18.2 Å². The molecule has 0 fully saturated rings. The van der Waals surface area contributed by atoms with Gasteiger partial charge in [0.15, 0.2) is 6.61 Å². The smallest absolute Gasteiger partial charge is 0.292 e. The van der Waals surface area contributed by atoms with Crippen molar-refractivity contribution in [1.82, 2.24) is 0 Å². The summed E-state index contributed by atoms with van der Waals surface area (Å²) in [6, 6.07) is 10.5. The Labute approximate surface area is 147 Å². The lowest BCUT2D eigenvalue weighted by Crippen LogP contribution is -2.43. The van der Waals surface area contributed by atoms with Crippen molar-refractivity contribution in [2.75, 3.05) is 23.4 Å². The molecule has 0 atom stereocenters. The number of nitrogens with one attached hydrogen (secondary N) is 1. The minimum Gasteiger partial charge on any atom is -0.482 e. The first-order valence-corrected chi connectivity index (χ1v) is 7.59. The molecule has 0 radical (unpaired) electrons. The number of para-hydroxylation sites is 2. The van der Waals surface area contributed by atoms with E-state index in [0.29, 0.717) is 16.5 Å². The van der Waals surface area contributed by atoms with Gasteiger partial charge in [0.1, 0.15) is 18.0 Å².